The molecular weight excluding hydrogens is 381 g/mol. The van der Waals surface area contributed by atoms with Crippen molar-refractivity contribution in [3.8, 4) is 11.1 Å². The number of nitrogens with two attached hydrogens (primary N) is 1. The molecule has 1 amide bonds. The molecule has 0 saturated carbocycles. The molecule has 0 radical (unpaired) electrons. The second kappa shape index (κ2) is 6.74. The van der Waals surface area contributed by atoms with Crippen LogP contribution in [0.1, 0.15) is 15.9 Å². The van der Waals surface area contributed by atoms with Crippen LogP contribution in [0.15, 0.2) is 65.6 Å². The Kier molecular flexibility index (Phi) is 4.37. The van der Waals surface area contributed by atoms with Gasteiger partial charge in [0.05, 0.1) is 16.3 Å². The lowest BCUT2D eigenvalue weighted by Gasteiger charge is -2.11. The van der Waals surface area contributed by atoms with Gasteiger partial charge in [0.2, 0.25) is 10.0 Å². The third-order valence-electron chi connectivity index (χ3n) is 4.54. The Hall–Kier alpha value is -3.23. The zero-order valence-electron chi connectivity index (χ0n) is 14.6. The van der Waals surface area contributed by atoms with E-state index in [1.165, 1.54) is 24.3 Å². The monoisotopic (exact) mass is 397 g/mol. The van der Waals surface area contributed by atoms with Gasteiger partial charge in [-0.2, -0.15) is 0 Å². The van der Waals surface area contributed by atoms with Crippen molar-refractivity contribution in [2.24, 2.45) is 0 Å². The quantitative estimate of drug-likeness (QED) is 0.591. The first-order chi connectivity index (χ1) is 13.3. The zero-order valence-corrected chi connectivity index (χ0v) is 15.4. The van der Waals surface area contributed by atoms with Crippen molar-refractivity contribution < 1.29 is 17.6 Å². The molecule has 28 heavy (non-hydrogen) atoms. The van der Waals surface area contributed by atoms with Crippen molar-refractivity contribution in [2.75, 3.05) is 11.1 Å². The number of carbonyl (C=O) groups is 1. The fourth-order valence-corrected chi connectivity index (χ4v) is 4.28. The molecule has 3 aromatic carbocycles. The van der Waals surface area contributed by atoms with E-state index < -0.39 is 15.9 Å². The molecule has 1 aliphatic heterocycles. The summed E-state index contributed by atoms with van der Waals surface area (Å²) in [4.78, 5) is 12.8. The van der Waals surface area contributed by atoms with Crippen LogP contribution in [0, 0.1) is 5.82 Å². The highest BCUT2D eigenvalue weighted by molar-refractivity contribution is 7.89. The topological polar surface area (TPSA) is 101 Å². The van der Waals surface area contributed by atoms with E-state index in [-0.39, 0.29) is 17.3 Å². The molecule has 0 bridgehead atoms. The second-order valence-electron chi connectivity index (χ2n) is 6.41. The van der Waals surface area contributed by atoms with E-state index in [2.05, 4.69) is 10.0 Å². The average Bonchev–Trinajstić information content (AvgIpc) is 2.98. The largest absolute Gasteiger partial charge is 0.397 e. The normalized spacial score (nSPS) is 14.5. The van der Waals surface area contributed by atoms with E-state index in [4.69, 9.17) is 5.73 Å². The first kappa shape index (κ1) is 18.1. The molecule has 0 atom stereocenters. The van der Waals surface area contributed by atoms with Crippen molar-refractivity contribution in [1.29, 1.82) is 0 Å². The van der Waals surface area contributed by atoms with Gasteiger partial charge in [-0.25, -0.2) is 17.5 Å². The summed E-state index contributed by atoms with van der Waals surface area (Å²) in [5.74, 6) is -0.740. The van der Waals surface area contributed by atoms with Crippen molar-refractivity contribution in [2.45, 2.75) is 11.4 Å². The zero-order chi connectivity index (χ0) is 19.9. The number of hydrogen-bond donors (Lipinski definition) is 3. The predicted molar refractivity (Wildman–Crippen MR) is 105 cm³/mol. The minimum Gasteiger partial charge on any atom is -0.397 e. The molecule has 8 heteroatoms. The first-order valence-electron chi connectivity index (χ1n) is 8.43. The molecule has 1 heterocycles. The molecule has 4 rings (SSSR count). The summed E-state index contributed by atoms with van der Waals surface area (Å²) >= 11 is 0. The third-order valence-corrected chi connectivity index (χ3v) is 6.05. The maximum Gasteiger partial charge on any atom is 0.255 e. The Labute approximate surface area is 161 Å². The van der Waals surface area contributed by atoms with Crippen molar-refractivity contribution >= 4 is 27.3 Å². The molecule has 0 saturated heterocycles. The molecule has 4 N–H and O–H groups in total. The molecule has 0 unspecified atom stereocenters. The Bertz CT molecular complexity index is 1190. The molecule has 142 valence electrons. The highest BCUT2D eigenvalue weighted by Gasteiger charge is 2.26. The number of anilines is 2. The van der Waals surface area contributed by atoms with E-state index in [1.807, 2.05) is 0 Å². The van der Waals surface area contributed by atoms with Crippen LogP contribution in [-0.2, 0) is 16.6 Å². The molecule has 6 nitrogen and oxygen atoms in total. The molecule has 0 aliphatic carbocycles. The number of hydrogen-bond acceptors (Lipinski definition) is 4. The number of amides is 1. The maximum atomic E-state index is 13.1. The molecule has 0 aromatic heterocycles. The molecular formula is C20H16FN3O3S. The molecule has 0 fully saturated rings. The minimum absolute atomic E-state index is 0.154. The van der Waals surface area contributed by atoms with E-state index >= 15 is 0 Å². The van der Waals surface area contributed by atoms with Gasteiger partial charge in [0.15, 0.2) is 0 Å². The number of carbonyl (C=O) groups excluding carboxylic acids is 1. The van der Waals surface area contributed by atoms with Crippen molar-refractivity contribution in [3.63, 3.8) is 0 Å². The van der Waals surface area contributed by atoms with Gasteiger partial charge in [0.1, 0.15) is 5.82 Å². The number of nitrogen functional groups attached to an aromatic ring is 1. The Morgan fingerprint density at radius 2 is 1.71 bits per heavy atom. The summed E-state index contributed by atoms with van der Waals surface area (Å²) in [5.41, 5.74) is 9.19. The number of halogens is 1. The van der Waals surface area contributed by atoms with Gasteiger partial charge in [-0.3, -0.25) is 4.79 Å². The number of nitrogens with one attached hydrogen (secondary N) is 2. The minimum atomic E-state index is -3.48. The van der Waals surface area contributed by atoms with Gasteiger partial charge in [0, 0.05) is 12.1 Å². The Morgan fingerprint density at radius 3 is 2.46 bits per heavy atom. The highest BCUT2D eigenvalue weighted by atomic mass is 32.2. The lowest BCUT2D eigenvalue weighted by atomic mass is 10.0. The van der Waals surface area contributed by atoms with Crippen LogP contribution >= 0.6 is 0 Å². The average molecular weight is 397 g/mol. The van der Waals surface area contributed by atoms with E-state index in [0.717, 1.165) is 11.1 Å². The lowest BCUT2D eigenvalue weighted by Crippen LogP contribution is -2.14. The predicted octanol–water partition coefficient (Wildman–Crippen LogP) is 3.12. The number of benzene rings is 3. The fourth-order valence-electron chi connectivity index (χ4n) is 3.05. The summed E-state index contributed by atoms with van der Waals surface area (Å²) in [6.07, 6.45) is 0. The van der Waals surface area contributed by atoms with Gasteiger partial charge >= 0.3 is 0 Å². The van der Waals surface area contributed by atoms with Crippen LogP contribution in [0.4, 0.5) is 15.8 Å². The summed E-state index contributed by atoms with van der Waals surface area (Å²) in [6, 6.07) is 15.6. The standard InChI is InChI=1S/C20H16FN3O3S/c21-16-5-1-12(2-6-16)13-3-7-17(22)18(10-13)24-20(25)14-4-8-19-15(9-14)11-23-28(19,26)27/h1-10,23H,11,22H2,(H,24,25). The summed E-state index contributed by atoms with van der Waals surface area (Å²) in [7, 11) is -3.48. The SMILES string of the molecule is Nc1ccc(-c2ccc(F)cc2)cc1NC(=O)c1ccc2c(c1)CNS2(=O)=O. The van der Waals surface area contributed by atoms with Crippen LogP contribution in [0.5, 0.6) is 0 Å². The number of sulfonamides is 1. The van der Waals surface area contributed by atoms with Gasteiger partial charge in [-0.15, -0.1) is 0 Å². The molecule has 1 aliphatic rings. The Morgan fingerprint density at radius 1 is 1.00 bits per heavy atom. The van der Waals surface area contributed by atoms with Crippen LogP contribution < -0.4 is 15.8 Å². The van der Waals surface area contributed by atoms with Crippen LogP contribution in [0.3, 0.4) is 0 Å². The van der Waals surface area contributed by atoms with Gasteiger partial charge in [-0.05, 0) is 59.2 Å². The van der Waals surface area contributed by atoms with Crippen molar-refractivity contribution in [3.05, 3.63) is 77.6 Å². The number of fused-ring (bicyclic) bond motifs is 1. The summed E-state index contributed by atoms with van der Waals surface area (Å²) in [5, 5.41) is 2.75. The van der Waals surface area contributed by atoms with Crippen LogP contribution in [0.2, 0.25) is 0 Å². The molecule has 0 spiro atoms. The van der Waals surface area contributed by atoms with E-state index in [9.17, 15) is 17.6 Å². The lowest BCUT2D eigenvalue weighted by molar-refractivity contribution is 0.102. The first-order valence-corrected chi connectivity index (χ1v) is 9.91. The van der Waals surface area contributed by atoms with Gasteiger partial charge in [-0.1, -0.05) is 18.2 Å². The summed E-state index contributed by atoms with van der Waals surface area (Å²) < 4.78 is 39.2. The number of rotatable bonds is 3. The van der Waals surface area contributed by atoms with Gasteiger partial charge < -0.3 is 11.1 Å². The Balaban J connectivity index is 1.61. The summed E-state index contributed by atoms with van der Waals surface area (Å²) in [6.45, 7) is 0.154. The maximum absolute atomic E-state index is 13.1. The third kappa shape index (κ3) is 3.35. The highest BCUT2D eigenvalue weighted by Crippen LogP contribution is 2.29. The molecule has 3 aromatic rings. The smallest absolute Gasteiger partial charge is 0.255 e. The fraction of sp³-hybridized carbons (Fsp3) is 0.0500. The van der Waals surface area contributed by atoms with E-state index in [0.29, 0.717) is 22.5 Å². The van der Waals surface area contributed by atoms with Crippen molar-refractivity contribution in [1.82, 2.24) is 4.72 Å². The van der Waals surface area contributed by atoms with Gasteiger partial charge in [0.25, 0.3) is 5.91 Å². The van der Waals surface area contributed by atoms with E-state index in [1.54, 1.807) is 36.4 Å². The second-order valence-corrected chi connectivity index (χ2v) is 8.15. The van der Waals surface area contributed by atoms with Crippen LogP contribution in [-0.4, -0.2) is 14.3 Å². The van der Waals surface area contributed by atoms with Crippen LogP contribution in [0.25, 0.3) is 11.1 Å².